The van der Waals surface area contributed by atoms with Crippen LogP contribution in [-0.4, -0.2) is 24.7 Å². The van der Waals surface area contributed by atoms with Crippen LogP contribution in [0.3, 0.4) is 0 Å². The summed E-state index contributed by atoms with van der Waals surface area (Å²) in [4.78, 5) is 28.0. The third-order valence-corrected chi connectivity index (χ3v) is 5.05. The first-order valence-electron chi connectivity index (χ1n) is 8.32. The molecule has 0 saturated carbocycles. The molecular formula is C20H18FNO4S. The first-order valence-corrected chi connectivity index (χ1v) is 9.31. The van der Waals surface area contributed by atoms with Gasteiger partial charge in [0.15, 0.2) is 0 Å². The number of fused-ring (bicyclic) bond motifs is 1. The number of ether oxygens (including phenoxy) is 2. The lowest BCUT2D eigenvalue weighted by Crippen LogP contribution is -2.20. The van der Waals surface area contributed by atoms with E-state index in [9.17, 15) is 14.0 Å². The highest BCUT2D eigenvalue weighted by molar-refractivity contribution is 7.98. The van der Waals surface area contributed by atoms with Crippen LogP contribution < -0.4 is 10.2 Å². The zero-order valence-electron chi connectivity index (χ0n) is 14.9. The average Bonchev–Trinajstić information content (AvgIpc) is 2.67. The van der Waals surface area contributed by atoms with E-state index < -0.39 is 17.2 Å². The quantitative estimate of drug-likeness (QED) is 0.508. The number of rotatable bonds is 6. The maximum absolute atomic E-state index is 14.2. The van der Waals surface area contributed by atoms with Crippen molar-refractivity contribution in [1.29, 1.82) is 0 Å². The minimum absolute atomic E-state index is 0.0766. The maximum Gasteiger partial charge on any atom is 0.344 e. The van der Waals surface area contributed by atoms with Gasteiger partial charge in [0.05, 0.1) is 24.3 Å². The maximum atomic E-state index is 14.2. The number of halogens is 1. The minimum atomic E-state index is -0.720. The fourth-order valence-electron chi connectivity index (χ4n) is 2.63. The molecule has 140 valence electrons. The lowest BCUT2D eigenvalue weighted by atomic mass is 10.1. The van der Waals surface area contributed by atoms with Crippen molar-refractivity contribution in [2.45, 2.75) is 17.7 Å². The van der Waals surface area contributed by atoms with Crippen molar-refractivity contribution in [1.82, 2.24) is 4.98 Å². The standard InChI is InChI=1S/C20H18FNO4S/c1-3-26-20(24)16-18(23)14-5-4-6-15(21)17(14)22-19(16)27-11-12-7-9-13(25-2)10-8-12/h4-10H,3,11H2,1-2H3,(H,22,23). The van der Waals surface area contributed by atoms with Gasteiger partial charge in [-0.3, -0.25) is 4.79 Å². The topological polar surface area (TPSA) is 68.4 Å². The Labute approximate surface area is 159 Å². The lowest BCUT2D eigenvalue weighted by molar-refractivity contribution is 0.0520. The van der Waals surface area contributed by atoms with E-state index >= 15 is 0 Å². The highest BCUT2D eigenvalue weighted by atomic mass is 32.2. The number of aromatic amines is 1. The van der Waals surface area contributed by atoms with Crippen LogP contribution in [0.25, 0.3) is 10.9 Å². The van der Waals surface area contributed by atoms with Crippen molar-refractivity contribution < 1.29 is 18.7 Å². The van der Waals surface area contributed by atoms with Crippen molar-refractivity contribution in [3.8, 4) is 5.75 Å². The molecule has 0 bridgehead atoms. The molecule has 3 rings (SSSR count). The number of nitrogens with one attached hydrogen (secondary N) is 1. The molecule has 27 heavy (non-hydrogen) atoms. The van der Waals surface area contributed by atoms with Crippen LogP contribution in [0.5, 0.6) is 5.75 Å². The predicted octanol–water partition coefficient (Wildman–Crippen LogP) is 4.14. The Morgan fingerprint density at radius 1 is 1.19 bits per heavy atom. The molecule has 1 N–H and O–H groups in total. The van der Waals surface area contributed by atoms with E-state index in [0.29, 0.717) is 5.75 Å². The van der Waals surface area contributed by atoms with Crippen molar-refractivity contribution in [3.05, 3.63) is 69.6 Å². The Bertz CT molecular complexity index is 1030. The van der Waals surface area contributed by atoms with Crippen molar-refractivity contribution in [2.24, 2.45) is 0 Å². The molecule has 0 radical (unpaired) electrons. The van der Waals surface area contributed by atoms with Crippen LogP contribution in [0.4, 0.5) is 4.39 Å². The Hall–Kier alpha value is -2.80. The van der Waals surface area contributed by atoms with E-state index in [2.05, 4.69) is 4.98 Å². The van der Waals surface area contributed by atoms with Crippen LogP contribution in [0.1, 0.15) is 22.8 Å². The van der Waals surface area contributed by atoms with Gasteiger partial charge in [-0.25, -0.2) is 9.18 Å². The van der Waals surface area contributed by atoms with Crippen molar-refractivity contribution in [2.75, 3.05) is 13.7 Å². The molecular weight excluding hydrogens is 369 g/mol. The lowest BCUT2D eigenvalue weighted by Gasteiger charge is -2.11. The van der Waals surface area contributed by atoms with E-state index in [1.54, 1.807) is 14.0 Å². The van der Waals surface area contributed by atoms with Crippen molar-refractivity contribution in [3.63, 3.8) is 0 Å². The van der Waals surface area contributed by atoms with Crippen LogP contribution in [0, 0.1) is 5.82 Å². The number of pyridine rings is 1. The summed E-state index contributed by atoms with van der Waals surface area (Å²) >= 11 is 1.24. The number of aromatic nitrogens is 1. The van der Waals surface area contributed by atoms with Gasteiger partial charge in [0, 0.05) is 11.1 Å². The van der Waals surface area contributed by atoms with Gasteiger partial charge in [0.25, 0.3) is 0 Å². The third kappa shape index (κ3) is 3.98. The van der Waals surface area contributed by atoms with Gasteiger partial charge in [-0.1, -0.05) is 18.2 Å². The van der Waals surface area contributed by atoms with Gasteiger partial charge in [0.2, 0.25) is 5.43 Å². The molecule has 7 heteroatoms. The fourth-order valence-corrected chi connectivity index (χ4v) is 3.63. The van der Waals surface area contributed by atoms with E-state index in [1.165, 1.54) is 30.0 Å². The number of benzene rings is 2. The summed E-state index contributed by atoms with van der Waals surface area (Å²) in [7, 11) is 1.59. The van der Waals surface area contributed by atoms with Gasteiger partial charge in [-0.15, -0.1) is 11.8 Å². The molecule has 0 amide bonds. The van der Waals surface area contributed by atoms with Gasteiger partial charge in [0.1, 0.15) is 17.1 Å². The molecule has 3 aromatic rings. The van der Waals surface area contributed by atoms with E-state index in [4.69, 9.17) is 9.47 Å². The van der Waals surface area contributed by atoms with Crippen LogP contribution in [0.2, 0.25) is 0 Å². The van der Waals surface area contributed by atoms with Gasteiger partial charge in [-0.2, -0.15) is 0 Å². The molecule has 0 aliphatic rings. The first-order chi connectivity index (χ1) is 13.0. The second-order valence-corrected chi connectivity index (χ2v) is 6.66. The van der Waals surface area contributed by atoms with Crippen molar-refractivity contribution >= 4 is 28.6 Å². The normalized spacial score (nSPS) is 10.8. The minimum Gasteiger partial charge on any atom is -0.497 e. The highest BCUT2D eigenvalue weighted by Crippen LogP contribution is 2.27. The van der Waals surface area contributed by atoms with Gasteiger partial charge >= 0.3 is 5.97 Å². The zero-order valence-corrected chi connectivity index (χ0v) is 15.7. The van der Waals surface area contributed by atoms with Crippen LogP contribution in [0.15, 0.2) is 52.3 Å². The summed E-state index contributed by atoms with van der Waals surface area (Å²) in [5.41, 5.74) is 0.394. The number of para-hydroxylation sites is 1. The second-order valence-electron chi connectivity index (χ2n) is 5.68. The van der Waals surface area contributed by atoms with E-state index in [0.717, 1.165) is 11.3 Å². The number of thioether (sulfide) groups is 1. The molecule has 0 atom stereocenters. The molecule has 5 nitrogen and oxygen atoms in total. The first kappa shape index (κ1) is 19.0. The number of hydrogen-bond donors (Lipinski definition) is 1. The average molecular weight is 387 g/mol. The highest BCUT2D eigenvalue weighted by Gasteiger charge is 2.21. The number of carbonyl (C=O) groups is 1. The molecule has 0 aliphatic heterocycles. The monoisotopic (exact) mass is 387 g/mol. The number of methoxy groups -OCH3 is 1. The summed E-state index contributed by atoms with van der Waals surface area (Å²) in [5.74, 6) is -0.0580. The molecule has 0 spiro atoms. The molecule has 1 aromatic heterocycles. The summed E-state index contributed by atoms with van der Waals surface area (Å²) in [6, 6.07) is 11.6. The number of esters is 1. The number of H-pyrrole nitrogens is 1. The van der Waals surface area contributed by atoms with Crippen LogP contribution >= 0.6 is 11.8 Å². The Balaban J connectivity index is 2.03. The number of hydrogen-bond acceptors (Lipinski definition) is 5. The zero-order chi connectivity index (χ0) is 19.4. The molecule has 1 heterocycles. The summed E-state index contributed by atoms with van der Waals surface area (Å²) in [6.07, 6.45) is 0. The molecule has 0 aliphatic carbocycles. The summed E-state index contributed by atoms with van der Waals surface area (Å²) in [5, 5.41) is 0.402. The SMILES string of the molecule is CCOC(=O)c1c(SCc2ccc(OC)cc2)[nH]c2c(F)cccc2c1=O. The summed E-state index contributed by atoms with van der Waals surface area (Å²) in [6.45, 7) is 1.80. The van der Waals surface area contributed by atoms with Gasteiger partial charge < -0.3 is 14.5 Å². The largest absolute Gasteiger partial charge is 0.497 e. The smallest absolute Gasteiger partial charge is 0.344 e. The van der Waals surface area contributed by atoms with Gasteiger partial charge in [-0.05, 0) is 36.8 Å². The van der Waals surface area contributed by atoms with E-state index in [-0.39, 0.29) is 28.1 Å². The Morgan fingerprint density at radius 2 is 1.93 bits per heavy atom. The van der Waals surface area contributed by atoms with Crippen LogP contribution in [-0.2, 0) is 10.5 Å². The molecule has 0 fully saturated rings. The predicted molar refractivity (Wildman–Crippen MR) is 103 cm³/mol. The molecule has 0 unspecified atom stereocenters. The Morgan fingerprint density at radius 3 is 2.59 bits per heavy atom. The second kappa shape index (κ2) is 8.26. The fraction of sp³-hybridized carbons (Fsp3) is 0.200. The molecule has 0 saturated heterocycles. The number of carbonyl (C=O) groups excluding carboxylic acids is 1. The Kier molecular flexibility index (Phi) is 5.81. The summed E-state index contributed by atoms with van der Waals surface area (Å²) < 4.78 is 24.3. The molecule has 2 aromatic carbocycles. The van der Waals surface area contributed by atoms with E-state index in [1.807, 2.05) is 24.3 Å². The third-order valence-electron chi connectivity index (χ3n) is 3.97.